The molecule has 0 aromatic heterocycles. The average Bonchev–Trinajstić information content (AvgIpc) is 2.51. The third kappa shape index (κ3) is 5.91. The van der Waals surface area contributed by atoms with Gasteiger partial charge in [-0.1, -0.05) is 13.3 Å². The maximum Gasteiger partial charge on any atom is 0.236 e. The van der Waals surface area contributed by atoms with E-state index in [1.165, 1.54) is 0 Å². The second-order valence-electron chi connectivity index (χ2n) is 4.71. The monoisotopic (exact) mass is 295 g/mol. The molecular formula is C15H25N3O3. The van der Waals surface area contributed by atoms with Gasteiger partial charge in [0.2, 0.25) is 5.91 Å². The zero-order valence-electron chi connectivity index (χ0n) is 12.9. The van der Waals surface area contributed by atoms with Crippen molar-refractivity contribution in [3.63, 3.8) is 0 Å². The van der Waals surface area contributed by atoms with Crippen LogP contribution in [-0.4, -0.2) is 39.3 Å². The summed E-state index contributed by atoms with van der Waals surface area (Å²) in [6.45, 7) is 3.11. The number of benzene rings is 1. The first kappa shape index (κ1) is 17.1. The first-order chi connectivity index (χ1) is 10.1. The molecule has 0 radical (unpaired) electrons. The van der Waals surface area contributed by atoms with E-state index >= 15 is 0 Å². The lowest BCUT2D eigenvalue weighted by molar-refractivity contribution is -0.122. The van der Waals surface area contributed by atoms with Crippen molar-refractivity contribution in [1.29, 1.82) is 0 Å². The van der Waals surface area contributed by atoms with E-state index in [4.69, 9.17) is 15.2 Å². The SMILES string of the molecule is CCCC(N)C(=O)NCCNc1cc(OC)cc(OC)c1. The third-order valence-corrected chi connectivity index (χ3v) is 3.04. The molecule has 0 aliphatic carbocycles. The van der Waals surface area contributed by atoms with Gasteiger partial charge in [-0.2, -0.15) is 0 Å². The maximum absolute atomic E-state index is 11.6. The number of hydrogen-bond acceptors (Lipinski definition) is 5. The van der Waals surface area contributed by atoms with Crippen LogP contribution in [-0.2, 0) is 4.79 Å². The number of carbonyl (C=O) groups is 1. The van der Waals surface area contributed by atoms with E-state index in [1.54, 1.807) is 20.3 Å². The number of hydrogen-bond donors (Lipinski definition) is 3. The first-order valence-electron chi connectivity index (χ1n) is 7.11. The van der Waals surface area contributed by atoms with E-state index in [0.29, 0.717) is 31.0 Å². The number of ether oxygens (including phenoxy) is 2. The normalized spacial score (nSPS) is 11.6. The Morgan fingerprint density at radius 1 is 1.19 bits per heavy atom. The van der Waals surface area contributed by atoms with E-state index < -0.39 is 6.04 Å². The summed E-state index contributed by atoms with van der Waals surface area (Å²) in [6, 6.07) is 5.11. The Morgan fingerprint density at radius 2 is 1.81 bits per heavy atom. The number of methoxy groups -OCH3 is 2. The van der Waals surface area contributed by atoms with Crippen LogP contribution in [0.15, 0.2) is 18.2 Å². The molecule has 1 aromatic rings. The number of nitrogens with two attached hydrogens (primary N) is 1. The molecule has 0 fully saturated rings. The Hall–Kier alpha value is -1.95. The number of anilines is 1. The molecule has 21 heavy (non-hydrogen) atoms. The molecule has 1 unspecified atom stereocenters. The summed E-state index contributed by atoms with van der Waals surface area (Å²) in [5.74, 6) is 1.32. The second-order valence-corrected chi connectivity index (χ2v) is 4.71. The lowest BCUT2D eigenvalue weighted by atomic mass is 10.2. The molecule has 118 valence electrons. The van der Waals surface area contributed by atoms with Gasteiger partial charge >= 0.3 is 0 Å². The van der Waals surface area contributed by atoms with Crippen molar-refractivity contribution in [2.45, 2.75) is 25.8 Å². The second kappa shape index (κ2) is 9.07. The maximum atomic E-state index is 11.6. The van der Waals surface area contributed by atoms with Crippen LogP contribution in [0.4, 0.5) is 5.69 Å². The average molecular weight is 295 g/mol. The van der Waals surface area contributed by atoms with E-state index in [9.17, 15) is 4.79 Å². The summed E-state index contributed by atoms with van der Waals surface area (Å²) in [4.78, 5) is 11.6. The highest BCUT2D eigenvalue weighted by atomic mass is 16.5. The lowest BCUT2D eigenvalue weighted by Gasteiger charge is -2.13. The fraction of sp³-hybridized carbons (Fsp3) is 0.533. The summed E-state index contributed by atoms with van der Waals surface area (Å²) >= 11 is 0. The molecule has 6 nitrogen and oxygen atoms in total. The fourth-order valence-electron chi connectivity index (χ4n) is 1.88. The quantitative estimate of drug-likeness (QED) is 0.599. The Morgan fingerprint density at radius 3 is 2.33 bits per heavy atom. The smallest absolute Gasteiger partial charge is 0.236 e. The standard InChI is InChI=1S/C15H25N3O3/c1-4-5-14(16)15(19)18-7-6-17-11-8-12(20-2)10-13(9-11)21-3/h8-10,14,17H,4-7,16H2,1-3H3,(H,18,19). The van der Waals surface area contributed by atoms with Crippen molar-refractivity contribution < 1.29 is 14.3 Å². The van der Waals surface area contributed by atoms with Crippen molar-refractivity contribution in [1.82, 2.24) is 5.32 Å². The Bertz CT molecular complexity index is 430. The number of rotatable bonds is 9. The number of amides is 1. The Labute approximate surface area is 126 Å². The molecule has 0 saturated heterocycles. The van der Waals surface area contributed by atoms with Crippen LogP contribution in [0.25, 0.3) is 0 Å². The minimum Gasteiger partial charge on any atom is -0.497 e. The molecule has 1 rings (SSSR count). The molecule has 1 amide bonds. The molecule has 4 N–H and O–H groups in total. The van der Waals surface area contributed by atoms with Gasteiger partial charge in [0, 0.05) is 37.0 Å². The van der Waals surface area contributed by atoms with E-state index in [-0.39, 0.29) is 5.91 Å². The molecule has 6 heteroatoms. The summed E-state index contributed by atoms with van der Waals surface area (Å²) in [6.07, 6.45) is 1.60. The van der Waals surface area contributed by atoms with E-state index in [1.807, 2.05) is 19.1 Å². The van der Waals surface area contributed by atoms with Gasteiger partial charge in [0.25, 0.3) is 0 Å². The van der Waals surface area contributed by atoms with Crippen LogP contribution >= 0.6 is 0 Å². The molecule has 0 saturated carbocycles. The molecule has 0 heterocycles. The number of carbonyl (C=O) groups excluding carboxylic acids is 1. The topological polar surface area (TPSA) is 85.6 Å². The van der Waals surface area contributed by atoms with Gasteiger partial charge in [0.15, 0.2) is 0 Å². The van der Waals surface area contributed by atoms with Gasteiger partial charge in [0.1, 0.15) is 11.5 Å². The summed E-state index contributed by atoms with van der Waals surface area (Å²) in [5, 5.41) is 6.01. The molecule has 1 atom stereocenters. The zero-order chi connectivity index (χ0) is 15.7. The highest BCUT2D eigenvalue weighted by molar-refractivity contribution is 5.81. The van der Waals surface area contributed by atoms with Gasteiger partial charge in [-0.05, 0) is 6.42 Å². The fourth-order valence-corrected chi connectivity index (χ4v) is 1.88. The minimum atomic E-state index is -0.424. The molecule has 0 aliphatic heterocycles. The van der Waals surface area contributed by atoms with Gasteiger partial charge in [-0.15, -0.1) is 0 Å². The van der Waals surface area contributed by atoms with Crippen LogP contribution in [0, 0.1) is 0 Å². The molecule has 0 aliphatic rings. The van der Waals surface area contributed by atoms with Crippen LogP contribution in [0.1, 0.15) is 19.8 Å². The summed E-state index contributed by atoms with van der Waals surface area (Å²) < 4.78 is 10.4. The summed E-state index contributed by atoms with van der Waals surface area (Å²) in [7, 11) is 3.21. The lowest BCUT2D eigenvalue weighted by Crippen LogP contribution is -2.42. The number of nitrogens with one attached hydrogen (secondary N) is 2. The van der Waals surface area contributed by atoms with Gasteiger partial charge in [-0.25, -0.2) is 0 Å². The van der Waals surface area contributed by atoms with Crippen molar-refractivity contribution in [3.8, 4) is 11.5 Å². The van der Waals surface area contributed by atoms with Crippen LogP contribution in [0.5, 0.6) is 11.5 Å². The molecular weight excluding hydrogens is 270 g/mol. The third-order valence-electron chi connectivity index (χ3n) is 3.04. The largest absolute Gasteiger partial charge is 0.497 e. The van der Waals surface area contributed by atoms with Gasteiger partial charge in [-0.3, -0.25) is 4.79 Å². The van der Waals surface area contributed by atoms with Crippen molar-refractivity contribution in [2.24, 2.45) is 5.73 Å². The Balaban J connectivity index is 2.40. The van der Waals surface area contributed by atoms with Crippen LogP contribution in [0.3, 0.4) is 0 Å². The molecule has 0 bridgehead atoms. The minimum absolute atomic E-state index is 0.109. The van der Waals surface area contributed by atoms with Crippen molar-refractivity contribution in [3.05, 3.63) is 18.2 Å². The molecule has 1 aromatic carbocycles. The van der Waals surface area contributed by atoms with E-state index in [2.05, 4.69) is 10.6 Å². The first-order valence-corrected chi connectivity index (χ1v) is 7.11. The Kier molecular flexibility index (Phi) is 7.39. The van der Waals surface area contributed by atoms with Crippen molar-refractivity contribution in [2.75, 3.05) is 32.6 Å². The van der Waals surface area contributed by atoms with Gasteiger partial charge in [0.05, 0.1) is 20.3 Å². The van der Waals surface area contributed by atoms with Crippen LogP contribution < -0.4 is 25.8 Å². The molecule has 0 spiro atoms. The van der Waals surface area contributed by atoms with Crippen LogP contribution in [0.2, 0.25) is 0 Å². The highest BCUT2D eigenvalue weighted by Crippen LogP contribution is 2.25. The van der Waals surface area contributed by atoms with Crippen molar-refractivity contribution >= 4 is 11.6 Å². The highest BCUT2D eigenvalue weighted by Gasteiger charge is 2.10. The predicted octanol–water partition coefficient (Wildman–Crippen LogP) is 1.36. The predicted molar refractivity (Wildman–Crippen MR) is 83.9 cm³/mol. The van der Waals surface area contributed by atoms with E-state index in [0.717, 1.165) is 12.1 Å². The van der Waals surface area contributed by atoms with Gasteiger partial charge < -0.3 is 25.8 Å². The zero-order valence-corrected chi connectivity index (χ0v) is 12.9. The summed E-state index contributed by atoms with van der Waals surface area (Å²) in [5.41, 5.74) is 6.60.